The first-order valence-electron chi connectivity index (χ1n) is 9.02. The van der Waals surface area contributed by atoms with E-state index in [4.69, 9.17) is 4.74 Å². The third-order valence-electron chi connectivity index (χ3n) is 4.51. The molecular formula is C22H20F2N2O3. The first kappa shape index (κ1) is 20.4. The van der Waals surface area contributed by atoms with Gasteiger partial charge in [-0.05, 0) is 49.7 Å². The van der Waals surface area contributed by atoms with Crippen LogP contribution in [0.25, 0.3) is 10.9 Å². The molecule has 1 aromatic heterocycles. The Hall–Kier alpha value is -3.35. The summed E-state index contributed by atoms with van der Waals surface area (Å²) >= 11 is 0. The Morgan fingerprint density at radius 1 is 1.10 bits per heavy atom. The van der Waals surface area contributed by atoms with Crippen molar-refractivity contribution in [3.8, 4) is 0 Å². The number of rotatable bonds is 5. The number of likely N-dealkylation sites (N-methyl/N-ethyl adjacent to an activating group) is 1. The highest BCUT2D eigenvalue weighted by atomic mass is 19.1. The number of carbonyl (C=O) groups excluding carboxylic acids is 2. The van der Waals surface area contributed by atoms with Crippen LogP contribution in [0.2, 0.25) is 0 Å². The zero-order chi connectivity index (χ0) is 21.1. The summed E-state index contributed by atoms with van der Waals surface area (Å²) in [7, 11) is 1.55. The van der Waals surface area contributed by atoms with Crippen molar-refractivity contribution in [2.45, 2.75) is 26.5 Å². The lowest BCUT2D eigenvalue weighted by atomic mass is 10.1. The maximum absolute atomic E-state index is 13.3. The van der Waals surface area contributed by atoms with Crippen LogP contribution in [0.15, 0.2) is 48.5 Å². The third kappa shape index (κ3) is 4.74. The number of hydrogen-bond acceptors (Lipinski definition) is 4. The number of fused-ring (bicyclic) bond motifs is 1. The number of benzene rings is 2. The molecule has 29 heavy (non-hydrogen) atoms. The highest BCUT2D eigenvalue weighted by molar-refractivity contribution is 5.96. The number of aryl methyl sites for hydroxylation is 1. The predicted octanol–water partition coefficient (Wildman–Crippen LogP) is 4.03. The van der Waals surface area contributed by atoms with Crippen molar-refractivity contribution in [2.75, 3.05) is 7.05 Å². The predicted molar refractivity (Wildman–Crippen MR) is 104 cm³/mol. The van der Waals surface area contributed by atoms with Gasteiger partial charge in [-0.3, -0.25) is 9.78 Å². The number of pyridine rings is 1. The summed E-state index contributed by atoms with van der Waals surface area (Å²) in [5.41, 5.74) is 1.64. The summed E-state index contributed by atoms with van der Waals surface area (Å²) < 4.78 is 32.0. The molecule has 1 heterocycles. The average molecular weight is 398 g/mol. The third-order valence-corrected chi connectivity index (χ3v) is 4.51. The molecule has 3 rings (SSSR count). The fourth-order valence-electron chi connectivity index (χ4n) is 3.02. The molecule has 2 aromatic carbocycles. The Kier molecular flexibility index (Phi) is 5.87. The van der Waals surface area contributed by atoms with E-state index in [1.807, 2.05) is 0 Å². The van der Waals surface area contributed by atoms with E-state index in [0.717, 1.165) is 0 Å². The smallest absolute Gasteiger partial charge is 0.340 e. The standard InChI is InChI=1S/C22H20F2N2O3/c1-13-19(10-16-7-8-18(24)11-20(16)25-13)22(28)29-14(2)21(27)26(3)12-15-5-4-6-17(23)9-15/h4-11,14H,12H2,1-3H3. The van der Waals surface area contributed by atoms with E-state index in [2.05, 4.69) is 4.98 Å². The maximum atomic E-state index is 13.3. The number of ether oxygens (including phenoxy) is 1. The van der Waals surface area contributed by atoms with Crippen LogP contribution in [0.5, 0.6) is 0 Å². The molecule has 0 aliphatic rings. The van der Waals surface area contributed by atoms with E-state index >= 15 is 0 Å². The zero-order valence-corrected chi connectivity index (χ0v) is 16.3. The van der Waals surface area contributed by atoms with Crippen LogP contribution in [0.1, 0.15) is 28.5 Å². The minimum absolute atomic E-state index is 0.181. The molecule has 0 aliphatic carbocycles. The molecule has 5 nitrogen and oxygen atoms in total. The van der Waals surface area contributed by atoms with E-state index < -0.39 is 23.8 Å². The SMILES string of the molecule is Cc1nc2cc(F)ccc2cc1C(=O)OC(C)C(=O)N(C)Cc1cccc(F)c1. The number of carbonyl (C=O) groups is 2. The Morgan fingerprint density at radius 3 is 2.55 bits per heavy atom. The van der Waals surface area contributed by atoms with Crippen LogP contribution in [0.3, 0.4) is 0 Å². The van der Waals surface area contributed by atoms with Gasteiger partial charge in [0.05, 0.1) is 16.8 Å². The highest BCUT2D eigenvalue weighted by Crippen LogP contribution is 2.19. The van der Waals surface area contributed by atoms with E-state index in [0.29, 0.717) is 22.2 Å². The highest BCUT2D eigenvalue weighted by Gasteiger charge is 2.24. The molecule has 0 aliphatic heterocycles. The fourth-order valence-corrected chi connectivity index (χ4v) is 3.02. The van der Waals surface area contributed by atoms with Gasteiger partial charge in [0, 0.05) is 25.0 Å². The molecule has 0 saturated heterocycles. The second-order valence-corrected chi connectivity index (χ2v) is 6.83. The summed E-state index contributed by atoms with van der Waals surface area (Å²) in [6.45, 7) is 3.27. The van der Waals surface area contributed by atoms with E-state index in [9.17, 15) is 18.4 Å². The zero-order valence-electron chi connectivity index (χ0n) is 16.3. The lowest BCUT2D eigenvalue weighted by Crippen LogP contribution is -2.37. The van der Waals surface area contributed by atoms with Gasteiger partial charge in [-0.15, -0.1) is 0 Å². The van der Waals surface area contributed by atoms with Crippen molar-refractivity contribution in [2.24, 2.45) is 0 Å². The molecular weight excluding hydrogens is 378 g/mol. The van der Waals surface area contributed by atoms with Gasteiger partial charge in [-0.25, -0.2) is 13.6 Å². The molecule has 0 spiro atoms. The van der Waals surface area contributed by atoms with Crippen molar-refractivity contribution in [1.82, 2.24) is 9.88 Å². The molecule has 1 atom stereocenters. The number of hydrogen-bond donors (Lipinski definition) is 0. The first-order chi connectivity index (χ1) is 13.7. The minimum atomic E-state index is -1.04. The molecule has 0 radical (unpaired) electrons. The molecule has 7 heteroatoms. The number of aromatic nitrogens is 1. The number of halogens is 2. The topological polar surface area (TPSA) is 59.5 Å². The number of esters is 1. The van der Waals surface area contributed by atoms with Crippen LogP contribution < -0.4 is 0 Å². The van der Waals surface area contributed by atoms with E-state index in [-0.39, 0.29) is 17.9 Å². The lowest BCUT2D eigenvalue weighted by molar-refractivity contribution is -0.139. The van der Waals surface area contributed by atoms with Gasteiger partial charge in [0.2, 0.25) is 0 Å². The summed E-state index contributed by atoms with van der Waals surface area (Å²) in [6.07, 6.45) is -1.04. The summed E-state index contributed by atoms with van der Waals surface area (Å²) in [5.74, 6) is -1.92. The Morgan fingerprint density at radius 2 is 1.83 bits per heavy atom. The van der Waals surface area contributed by atoms with Gasteiger partial charge in [-0.2, -0.15) is 0 Å². The van der Waals surface area contributed by atoms with Crippen molar-refractivity contribution >= 4 is 22.8 Å². The molecule has 3 aromatic rings. The van der Waals surface area contributed by atoms with Crippen molar-refractivity contribution in [3.05, 3.63) is 77.0 Å². The van der Waals surface area contributed by atoms with E-state index in [1.165, 1.54) is 42.2 Å². The molecule has 1 unspecified atom stereocenters. The normalized spacial score (nSPS) is 11.9. The van der Waals surface area contributed by atoms with Crippen LogP contribution >= 0.6 is 0 Å². The molecule has 0 fully saturated rings. The fraction of sp³-hybridized carbons (Fsp3) is 0.227. The minimum Gasteiger partial charge on any atom is -0.449 e. The van der Waals surface area contributed by atoms with E-state index in [1.54, 1.807) is 32.2 Å². The van der Waals surface area contributed by atoms with Crippen molar-refractivity contribution in [1.29, 1.82) is 0 Å². The van der Waals surface area contributed by atoms with Crippen LogP contribution in [-0.4, -0.2) is 34.9 Å². The molecule has 0 saturated carbocycles. The molecule has 0 N–H and O–H groups in total. The van der Waals surface area contributed by atoms with Crippen LogP contribution in [0, 0.1) is 18.6 Å². The van der Waals surface area contributed by atoms with Crippen LogP contribution in [0.4, 0.5) is 8.78 Å². The largest absolute Gasteiger partial charge is 0.449 e. The van der Waals surface area contributed by atoms with Gasteiger partial charge < -0.3 is 9.64 Å². The summed E-state index contributed by atoms with van der Waals surface area (Å²) in [6, 6.07) is 11.6. The molecule has 0 bridgehead atoms. The quantitative estimate of drug-likeness (QED) is 0.609. The Bertz CT molecular complexity index is 1080. The molecule has 150 valence electrons. The van der Waals surface area contributed by atoms with Crippen molar-refractivity contribution < 1.29 is 23.1 Å². The lowest BCUT2D eigenvalue weighted by Gasteiger charge is -2.22. The maximum Gasteiger partial charge on any atom is 0.340 e. The number of nitrogens with zero attached hydrogens (tertiary/aromatic N) is 2. The van der Waals surface area contributed by atoms with Gasteiger partial charge in [0.25, 0.3) is 5.91 Å². The summed E-state index contributed by atoms with van der Waals surface area (Å²) in [5, 5.41) is 0.589. The van der Waals surface area contributed by atoms with Crippen LogP contribution in [-0.2, 0) is 16.1 Å². The number of amides is 1. The first-order valence-corrected chi connectivity index (χ1v) is 9.02. The monoisotopic (exact) mass is 398 g/mol. The van der Waals surface area contributed by atoms with Gasteiger partial charge in [0.15, 0.2) is 6.10 Å². The van der Waals surface area contributed by atoms with Crippen molar-refractivity contribution in [3.63, 3.8) is 0 Å². The van der Waals surface area contributed by atoms with Gasteiger partial charge in [-0.1, -0.05) is 12.1 Å². The molecule has 1 amide bonds. The van der Waals surface area contributed by atoms with Gasteiger partial charge in [0.1, 0.15) is 11.6 Å². The average Bonchev–Trinajstić information content (AvgIpc) is 2.66. The Labute approximate surface area is 166 Å². The van der Waals surface area contributed by atoms with Gasteiger partial charge >= 0.3 is 5.97 Å². The summed E-state index contributed by atoms with van der Waals surface area (Å²) in [4.78, 5) is 30.7. The second-order valence-electron chi connectivity index (χ2n) is 6.83. The second kappa shape index (κ2) is 8.34. The Balaban J connectivity index is 1.71.